The molecule has 0 aliphatic carbocycles. The molecule has 0 saturated carbocycles. The van der Waals surface area contributed by atoms with Crippen LogP contribution in [-0.4, -0.2) is 51.3 Å². The average molecular weight is 228 g/mol. The van der Waals surface area contributed by atoms with Crippen LogP contribution in [-0.2, 0) is 4.74 Å². The molecule has 0 amide bonds. The molecule has 1 unspecified atom stereocenters. The van der Waals surface area contributed by atoms with Crippen molar-refractivity contribution in [2.75, 3.05) is 46.4 Å². The summed E-state index contributed by atoms with van der Waals surface area (Å²) in [6, 6.07) is 0. The third-order valence-corrected chi connectivity index (χ3v) is 3.03. The number of nitrogens with one attached hydrogen (secondary N) is 1. The van der Waals surface area contributed by atoms with Gasteiger partial charge in [0.05, 0.1) is 6.61 Å². The fourth-order valence-electron chi connectivity index (χ4n) is 2.21. The van der Waals surface area contributed by atoms with Crippen LogP contribution in [0.3, 0.4) is 0 Å². The second-order valence-corrected chi connectivity index (χ2v) is 5.44. The van der Waals surface area contributed by atoms with Crippen LogP contribution in [0.25, 0.3) is 0 Å². The zero-order valence-corrected chi connectivity index (χ0v) is 11.2. The number of likely N-dealkylation sites (tertiary alicyclic amines) is 1. The van der Waals surface area contributed by atoms with Gasteiger partial charge in [-0.25, -0.2) is 0 Å². The summed E-state index contributed by atoms with van der Waals surface area (Å²) in [7, 11) is 2.22. The summed E-state index contributed by atoms with van der Waals surface area (Å²) in [6.07, 6.45) is 2.73. The minimum Gasteiger partial charge on any atom is -0.380 e. The number of piperidine rings is 1. The monoisotopic (exact) mass is 228 g/mol. The SMILES string of the molecule is CC(C)COCCNCC1CCCN(C)C1. The van der Waals surface area contributed by atoms with Gasteiger partial charge in [0.25, 0.3) is 0 Å². The predicted molar refractivity (Wildman–Crippen MR) is 68.7 cm³/mol. The summed E-state index contributed by atoms with van der Waals surface area (Å²) in [5.74, 6) is 1.48. The van der Waals surface area contributed by atoms with Crippen molar-refractivity contribution in [1.82, 2.24) is 10.2 Å². The molecule has 96 valence electrons. The lowest BCUT2D eigenvalue weighted by Crippen LogP contribution is -2.38. The lowest BCUT2D eigenvalue weighted by Gasteiger charge is -2.29. The van der Waals surface area contributed by atoms with E-state index >= 15 is 0 Å². The molecule has 1 atom stereocenters. The normalized spacial score (nSPS) is 22.9. The van der Waals surface area contributed by atoms with Crippen LogP contribution in [0.2, 0.25) is 0 Å². The smallest absolute Gasteiger partial charge is 0.0591 e. The molecule has 16 heavy (non-hydrogen) atoms. The lowest BCUT2D eigenvalue weighted by molar-refractivity contribution is 0.110. The predicted octanol–water partition coefficient (Wildman–Crippen LogP) is 1.59. The molecule has 0 aromatic carbocycles. The van der Waals surface area contributed by atoms with Crippen LogP contribution in [0.4, 0.5) is 0 Å². The zero-order chi connectivity index (χ0) is 11.8. The number of hydrogen-bond donors (Lipinski definition) is 1. The van der Waals surface area contributed by atoms with Crippen LogP contribution in [0, 0.1) is 11.8 Å². The fraction of sp³-hybridized carbons (Fsp3) is 1.00. The lowest BCUT2D eigenvalue weighted by atomic mass is 9.98. The van der Waals surface area contributed by atoms with Crippen molar-refractivity contribution in [2.24, 2.45) is 11.8 Å². The van der Waals surface area contributed by atoms with Gasteiger partial charge in [-0.15, -0.1) is 0 Å². The molecule has 3 nitrogen and oxygen atoms in total. The van der Waals surface area contributed by atoms with Crippen LogP contribution in [0.1, 0.15) is 26.7 Å². The largest absolute Gasteiger partial charge is 0.380 e. The second-order valence-electron chi connectivity index (χ2n) is 5.44. The van der Waals surface area contributed by atoms with E-state index in [1.54, 1.807) is 0 Å². The Hall–Kier alpha value is -0.120. The molecule has 1 aliphatic rings. The third kappa shape index (κ3) is 6.46. The van der Waals surface area contributed by atoms with Gasteiger partial charge in [-0.2, -0.15) is 0 Å². The molecule has 1 N–H and O–H groups in total. The van der Waals surface area contributed by atoms with E-state index in [-0.39, 0.29) is 0 Å². The maximum Gasteiger partial charge on any atom is 0.0591 e. The summed E-state index contributed by atoms with van der Waals surface area (Å²) in [6.45, 7) is 10.8. The Kier molecular flexibility index (Phi) is 7.01. The van der Waals surface area contributed by atoms with Gasteiger partial charge in [0.1, 0.15) is 0 Å². The quantitative estimate of drug-likeness (QED) is 0.670. The Balaban J connectivity index is 1.90. The van der Waals surface area contributed by atoms with E-state index in [4.69, 9.17) is 4.74 Å². The molecule has 0 radical (unpaired) electrons. The van der Waals surface area contributed by atoms with E-state index < -0.39 is 0 Å². The summed E-state index contributed by atoms with van der Waals surface area (Å²) in [5, 5.41) is 3.50. The van der Waals surface area contributed by atoms with Gasteiger partial charge in [-0.1, -0.05) is 13.8 Å². The molecule has 0 spiro atoms. The molecule has 3 heteroatoms. The topological polar surface area (TPSA) is 24.5 Å². The van der Waals surface area contributed by atoms with Crippen molar-refractivity contribution in [1.29, 1.82) is 0 Å². The first kappa shape index (κ1) is 13.9. The minimum absolute atomic E-state index is 0.645. The van der Waals surface area contributed by atoms with Crippen molar-refractivity contribution in [3.05, 3.63) is 0 Å². The minimum atomic E-state index is 0.645. The maximum atomic E-state index is 5.53. The van der Waals surface area contributed by atoms with Crippen LogP contribution < -0.4 is 5.32 Å². The fourth-order valence-corrected chi connectivity index (χ4v) is 2.21. The van der Waals surface area contributed by atoms with Gasteiger partial charge in [0.15, 0.2) is 0 Å². The second kappa shape index (κ2) is 8.04. The van der Waals surface area contributed by atoms with E-state index in [0.29, 0.717) is 5.92 Å². The highest BCUT2D eigenvalue weighted by Crippen LogP contribution is 2.13. The van der Waals surface area contributed by atoms with Crippen molar-refractivity contribution in [3.8, 4) is 0 Å². The van der Waals surface area contributed by atoms with E-state index in [9.17, 15) is 0 Å². The van der Waals surface area contributed by atoms with E-state index in [2.05, 4.69) is 31.1 Å². The summed E-state index contributed by atoms with van der Waals surface area (Å²) in [5.41, 5.74) is 0. The first-order valence-electron chi connectivity index (χ1n) is 6.65. The summed E-state index contributed by atoms with van der Waals surface area (Å²) in [4.78, 5) is 2.44. The van der Waals surface area contributed by atoms with Gasteiger partial charge in [-0.05, 0) is 44.8 Å². The van der Waals surface area contributed by atoms with Crippen molar-refractivity contribution < 1.29 is 4.74 Å². The maximum absolute atomic E-state index is 5.53. The number of nitrogens with zero attached hydrogens (tertiary/aromatic N) is 1. The Labute approximate surface area is 101 Å². The summed E-state index contributed by atoms with van der Waals surface area (Å²) < 4.78 is 5.53. The first-order chi connectivity index (χ1) is 7.68. The van der Waals surface area contributed by atoms with Gasteiger partial charge in [-0.3, -0.25) is 0 Å². The molecule has 1 rings (SSSR count). The third-order valence-electron chi connectivity index (χ3n) is 3.03. The highest BCUT2D eigenvalue weighted by atomic mass is 16.5. The highest BCUT2D eigenvalue weighted by molar-refractivity contribution is 4.72. The molecule has 1 heterocycles. The van der Waals surface area contributed by atoms with Gasteiger partial charge in [0.2, 0.25) is 0 Å². The Morgan fingerprint density at radius 2 is 2.25 bits per heavy atom. The standard InChI is InChI=1S/C13H28N2O/c1-12(2)11-16-8-6-14-9-13-5-4-7-15(3)10-13/h12-14H,4-11H2,1-3H3. The van der Waals surface area contributed by atoms with Gasteiger partial charge >= 0.3 is 0 Å². The van der Waals surface area contributed by atoms with E-state index in [0.717, 1.165) is 32.2 Å². The van der Waals surface area contributed by atoms with Crippen LogP contribution >= 0.6 is 0 Å². The Morgan fingerprint density at radius 3 is 2.94 bits per heavy atom. The van der Waals surface area contributed by atoms with E-state index in [1.165, 1.54) is 25.9 Å². The molecule has 1 aliphatic heterocycles. The van der Waals surface area contributed by atoms with Gasteiger partial charge < -0.3 is 15.0 Å². The molecule has 1 saturated heterocycles. The van der Waals surface area contributed by atoms with Gasteiger partial charge in [0, 0.05) is 19.7 Å². The molecular weight excluding hydrogens is 200 g/mol. The summed E-state index contributed by atoms with van der Waals surface area (Å²) >= 11 is 0. The van der Waals surface area contributed by atoms with Crippen LogP contribution in [0.5, 0.6) is 0 Å². The average Bonchev–Trinajstić information content (AvgIpc) is 2.23. The molecule has 0 aromatic heterocycles. The molecule has 1 fully saturated rings. The first-order valence-corrected chi connectivity index (χ1v) is 6.65. The van der Waals surface area contributed by atoms with Crippen molar-refractivity contribution in [2.45, 2.75) is 26.7 Å². The Bertz CT molecular complexity index is 173. The highest BCUT2D eigenvalue weighted by Gasteiger charge is 2.16. The number of hydrogen-bond acceptors (Lipinski definition) is 3. The number of ether oxygens (including phenoxy) is 1. The molecular formula is C13H28N2O. The molecule has 0 bridgehead atoms. The van der Waals surface area contributed by atoms with Crippen molar-refractivity contribution >= 4 is 0 Å². The number of rotatable bonds is 7. The van der Waals surface area contributed by atoms with Crippen molar-refractivity contribution in [3.63, 3.8) is 0 Å². The van der Waals surface area contributed by atoms with E-state index in [1.807, 2.05) is 0 Å². The zero-order valence-electron chi connectivity index (χ0n) is 11.2. The van der Waals surface area contributed by atoms with Crippen LogP contribution in [0.15, 0.2) is 0 Å². The molecule has 0 aromatic rings. The Morgan fingerprint density at radius 1 is 1.44 bits per heavy atom.